The molecule has 3 rings (SSSR count). The number of carboxylic acids is 1. The smallest absolute Gasteiger partial charge is 0.326 e. The van der Waals surface area contributed by atoms with Gasteiger partial charge in [-0.25, -0.2) is 4.79 Å². The number of hydrogen-bond acceptors (Lipinski definition) is 4. The molecule has 1 aliphatic rings. The fraction of sp³-hybridized carbons (Fsp3) is 0.500. The number of likely N-dealkylation sites (tertiary alicyclic amines) is 1. The number of nitrogens with zero attached hydrogens (tertiary/aromatic N) is 1. The molecule has 0 aromatic heterocycles. The summed E-state index contributed by atoms with van der Waals surface area (Å²) in [5.74, 6) is -0.900. The van der Waals surface area contributed by atoms with Gasteiger partial charge < -0.3 is 20.4 Å². The maximum Gasteiger partial charge on any atom is 0.326 e. The lowest BCUT2D eigenvalue weighted by Gasteiger charge is -2.45. The van der Waals surface area contributed by atoms with Crippen molar-refractivity contribution in [3.8, 4) is 5.75 Å². The Morgan fingerprint density at radius 3 is 2.49 bits per heavy atom. The van der Waals surface area contributed by atoms with Crippen LogP contribution in [0.1, 0.15) is 51.2 Å². The normalized spacial score (nSPS) is 22.0. The van der Waals surface area contributed by atoms with Crippen LogP contribution in [0.2, 0.25) is 0 Å². The van der Waals surface area contributed by atoms with Crippen LogP contribution in [0.3, 0.4) is 0 Å². The van der Waals surface area contributed by atoms with Gasteiger partial charge in [-0.05, 0) is 60.4 Å². The molecule has 1 fully saturated rings. The number of rotatable bonds is 10. The van der Waals surface area contributed by atoms with E-state index in [0.29, 0.717) is 31.7 Å². The Labute approximate surface area is 215 Å². The van der Waals surface area contributed by atoms with Crippen molar-refractivity contribution in [1.29, 1.82) is 0 Å². The van der Waals surface area contributed by atoms with Crippen LogP contribution < -0.4 is 5.32 Å². The SMILES string of the molecule is CCCC(NC(=O)C(Cc1ccccc1)CN1CCC(C)(c2cccc(O)c2)C(C)C1)C(=O)O.Cl. The van der Waals surface area contributed by atoms with Crippen LogP contribution in [0.4, 0.5) is 0 Å². The van der Waals surface area contributed by atoms with Crippen molar-refractivity contribution in [2.75, 3.05) is 19.6 Å². The zero-order valence-electron chi connectivity index (χ0n) is 20.9. The van der Waals surface area contributed by atoms with E-state index in [1.54, 1.807) is 6.07 Å². The number of carboxylic acid groups (broad SMARTS) is 1. The molecule has 4 atom stereocenters. The van der Waals surface area contributed by atoms with E-state index >= 15 is 0 Å². The highest BCUT2D eigenvalue weighted by Gasteiger charge is 2.39. The topological polar surface area (TPSA) is 89.9 Å². The maximum atomic E-state index is 13.2. The first-order valence-corrected chi connectivity index (χ1v) is 12.3. The summed E-state index contributed by atoms with van der Waals surface area (Å²) in [6, 6.07) is 16.6. The summed E-state index contributed by atoms with van der Waals surface area (Å²) in [7, 11) is 0. The van der Waals surface area contributed by atoms with Crippen LogP contribution in [0, 0.1) is 11.8 Å². The fourth-order valence-corrected chi connectivity index (χ4v) is 5.06. The zero-order chi connectivity index (χ0) is 24.7. The van der Waals surface area contributed by atoms with E-state index in [4.69, 9.17) is 0 Å². The van der Waals surface area contributed by atoms with Gasteiger partial charge in [0.1, 0.15) is 11.8 Å². The third-order valence-corrected chi connectivity index (χ3v) is 7.44. The Hall–Kier alpha value is -2.57. The second-order valence-corrected chi connectivity index (χ2v) is 9.95. The first-order chi connectivity index (χ1) is 16.2. The number of piperidine rings is 1. The predicted octanol–water partition coefficient (Wildman–Crippen LogP) is 4.64. The minimum Gasteiger partial charge on any atom is -0.508 e. The Morgan fingerprint density at radius 2 is 1.89 bits per heavy atom. The second kappa shape index (κ2) is 12.9. The van der Waals surface area contributed by atoms with Crippen molar-refractivity contribution in [3.63, 3.8) is 0 Å². The van der Waals surface area contributed by atoms with E-state index in [1.165, 1.54) is 0 Å². The summed E-state index contributed by atoms with van der Waals surface area (Å²) in [6.45, 7) is 8.65. The molecule has 0 spiro atoms. The number of carbonyl (C=O) groups excluding carboxylic acids is 1. The molecule has 2 aromatic carbocycles. The molecule has 1 heterocycles. The molecule has 4 unspecified atom stereocenters. The standard InChI is InChI=1S/C28H38N2O4.ClH/c1-4-9-25(27(33)34)29-26(32)22(16-21-10-6-5-7-11-21)19-30-15-14-28(3,20(2)18-30)23-12-8-13-24(31)17-23;/h5-8,10-13,17,20,22,25,31H,4,9,14-16,18-19H2,1-3H3,(H,29,32)(H,33,34);1H. The first kappa shape index (κ1) is 28.7. The summed E-state index contributed by atoms with van der Waals surface area (Å²) >= 11 is 0. The Bertz CT molecular complexity index is 970. The number of amides is 1. The highest BCUT2D eigenvalue weighted by Crippen LogP contribution is 2.40. The van der Waals surface area contributed by atoms with Crippen LogP contribution in [0.25, 0.3) is 0 Å². The van der Waals surface area contributed by atoms with Crippen LogP contribution in [0.5, 0.6) is 5.75 Å². The lowest BCUT2D eigenvalue weighted by molar-refractivity contribution is -0.142. The average Bonchev–Trinajstić information content (AvgIpc) is 2.81. The monoisotopic (exact) mass is 502 g/mol. The lowest BCUT2D eigenvalue weighted by Crippen LogP contribution is -2.51. The number of benzene rings is 2. The third-order valence-electron chi connectivity index (χ3n) is 7.44. The van der Waals surface area contributed by atoms with E-state index in [2.05, 4.69) is 30.1 Å². The van der Waals surface area contributed by atoms with Gasteiger partial charge in [0.2, 0.25) is 5.91 Å². The highest BCUT2D eigenvalue weighted by molar-refractivity contribution is 5.85. The van der Waals surface area contributed by atoms with Gasteiger partial charge >= 0.3 is 5.97 Å². The molecule has 1 amide bonds. The summed E-state index contributed by atoms with van der Waals surface area (Å²) in [5.41, 5.74) is 2.16. The van der Waals surface area contributed by atoms with Gasteiger partial charge in [0.25, 0.3) is 0 Å². The summed E-state index contributed by atoms with van der Waals surface area (Å²) < 4.78 is 0. The van der Waals surface area contributed by atoms with E-state index in [0.717, 1.165) is 30.6 Å². The van der Waals surface area contributed by atoms with Crippen molar-refractivity contribution < 1.29 is 19.8 Å². The largest absolute Gasteiger partial charge is 0.508 e. The molecule has 0 bridgehead atoms. The molecule has 0 aliphatic carbocycles. The summed E-state index contributed by atoms with van der Waals surface area (Å²) in [6.07, 6.45) is 2.60. The van der Waals surface area contributed by atoms with Gasteiger partial charge in [-0.1, -0.05) is 69.7 Å². The van der Waals surface area contributed by atoms with Gasteiger partial charge in [-0.2, -0.15) is 0 Å². The van der Waals surface area contributed by atoms with Crippen molar-refractivity contribution >= 4 is 24.3 Å². The number of carbonyl (C=O) groups is 2. The molecule has 7 heteroatoms. The minimum atomic E-state index is -0.984. The average molecular weight is 503 g/mol. The van der Waals surface area contributed by atoms with Crippen LogP contribution >= 0.6 is 12.4 Å². The molecule has 3 N–H and O–H groups in total. The van der Waals surface area contributed by atoms with Crippen molar-refractivity contribution in [1.82, 2.24) is 10.2 Å². The fourth-order valence-electron chi connectivity index (χ4n) is 5.06. The highest BCUT2D eigenvalue weighted by atomic mass is 35.5. The van der Waals surface area contributed by atoms with Gasteiger partial charge in [-0.3, -0.25) is 4.79 Å². The lowest BCUT2D eigenvalue weighted by atomic mass is 9.68. The summed E-state index contributed by atoms with van der Waals surface area (Å²) in [4.78, 5) is 27.2. The van der Waals surface area contributed by atoms with E-state index in [-0.39, 0.29) is 35.4 Å². The number of hydrogen-bond donors (Lipinski definition) is 3. The first-order valence-electron chi connectivity index (χ1n) is 12.3. The molecule has 1 aliphatic heterocycles. The third kappa shape index (κ3) is 7.45. The van der Waals surface area contributed by atoms with Gasteiger partial charge in [0.15, 0.2) is 0 Å². The number of phenolic OH excluding ortho intramolecular Hbond substituents is 1. The summed E-state index contributed by atoms with van der Waals surface area (Å²) in [5, 5.41) is 22.3. The van der Waals surface area contributed by atoms with Gasteiger partial charge in [-0.15, -0.1) is 12.4 Å². The minimum absolute atomic E-state index is 0. The van der Waals surface area contributed by atoms with E-state index in [9.17, 15) is 19.8 Å². The molecule has 1 saturated heterocycles. The molecule has 6 nitrogen and oxygen atoms in total. The maximum absolute atomic E-state index is 13.2. The Kier molecular flexibility index (Phi) is 10.6. The Morgan fingerprint density at radius 1 is 1.17 bits per heavy atom. The number of nitrogens with one attached hydrogen (secondary N) is 1. The molecule has 2 aromatic rings. The zero-order valence-corrected chi connectivity index (χ0v) is 21.8. The van der Waals surface area contributed by atoms with Crippen LogP contribution in [-0.4, -0.2) is 52.7 Å². The molecular weight excluding hydrogens is 464 g/mol. The number of phenols is 1. The number of halogens is 1. The van der Waals surface area contributed by atoms with E-state index < -0.39 is 12.0 Å². The predicted molar refractivity (Wildman–Crippen MR) is 141 cm³/mol. The molecule has 0 radical (unpaired) electrons. The van der Waals surface area contributed by atoms with Crippen molar-refractivity contribution in [2.24, 2.45) is 11.8 Å². The van der Waals surface area contributed by atoms with Gasteiger partial charge in [0, 0.05) is 13.1 Å². The van der Waals surface area contributed by atoms with Crippen molar-refractivity contribution in [2.45, 2.75) is 57.9 Å². The Balaban J connectivity index is 0.00000432. The van der Waals surface area contributed by atoms with Gasteiger partial charge in [0.05, 0.1) is 5.92 Å². The molecule has 35 heavy (non-hydrogen) atoms. The van der Waals surface area contributed by atoms with Crippen molar-refractivity contribution in [3.05, 3.63) is 65.7 Å². The van der Waals surface area contributed by atoms with E-state index in [1.807, 2.05) is 49.4 Å². The second-order valence-electron chi connectivity index (χ2n) is 9.95. The number of aliphatic carboxylic acids is 1. The van der Waals surface area contributed by atoms with Crippen LogP contribution in [-0.2, 0) is 21.4 Å². The van der Waals surface area contributed by atoms with Crippen LogP contribution in [0.15, 0.2) is 54.6 Å². The molecular formula is C28H39ClN2O4. The molecule has 192 valence electrons. The quantitative estimate of drug-likeness (QED) is 0.440. The number of aromatic hydroxyl groups is 1. The molecule has 0 saturated carbocycles.